The van der Waals surface area contributed by atoms with Gasteiger partial charge in [0.05, 0.1) is 6.54 Å². The highest BCUT2D eigenvalue weighted by atomic mass is 19.1. The number of benzene rings is 2. The van der Waals surface area contributed by atoms with Crippen LogP contribution in [0.4, 0.5) is 9.18 Å². The molecule has 4 rings (SSSR count). The molecular weight excluding hydrogens is 415 g/mol. The van der Waals surface area contributed by atoms with Crippen LogP contribution in [-0.2, 0) is 11.3 Å². The maximum atomic E-state index is 14.2. The molecule has 2 heterocycles. The van der Waals surface area contributed by atoms with Crippen molar-refractivity contribution in [3.8, 4) is 11.5 Å². The van der Waals surface area contributed by atoms with E-state index in [1.54, 1.807) is 29.2 Å². The topological polar surface area (TPSA) is 85.7 Å². The summed E-state index contributed by atoms with van der Waals surface area (Å²) < 4.78 is 19.9. The first-order chi connectivity index (χ1) is 15.4. The molecule has 9 heteroatoms. The first kappa shape index (κ1) is 21.8. The number of rotatable bonds is 5. The highest BCUT2D eigenvalue weighted by Crippen LogP contribution is 2.26. The number of carbonyl (C=O) groups is 2. The van der Waals surface area contributed by atoms with Crippen molar-refractivity contribution >= 4 is 17.7 Å². The Kier molecular flexibility index (Phi) is 6.36. The Morgan fingerprint density at radius 3 is 2.62 bits per heavy atom. The van der Waals surface area contributed by atoms with E-state index in [-0.39, 0.29) is 36.5 Å². The number of carboxylic acid groups (broad SMARTS) is 1. The molecule has 2 aromatic rings. The van der Waals surface area contributed by atoms with Gasteiger partial charge in [0, 0.05) is 38.6 Å². The zero-order chi connectivity index (χ0) is 22.7. The lowest BCUT2D eigenvalue weighted by atomic mass is 10.1. The molecule has 2 aliphatic heterocycles. The van der Waals surface area contributed by atoms with Crippen LogP contribution in [0.2, 0.25) is 0 Å². The summed E-state index contributed by atoms with van der Waals surface area (Å²) in [5.74, 6) is -0.766. The van der Waals surface area contributed by atoms with Crippen molar-refractivity contribution in [1.82, 2.24) is 14.8 Å². The van der Waals surface area contributed by atoms with E-state index >= 15 is 0 Å². The molecule has 1 saturated heterocycles. The van der Waals surface area contributed by atoms with Crippen LogP contribution in [0.25, 0.3) is 0 Å². The maximum Gasteiger partial charge on any atom is 0.352 e. The first-order valence-corrected chi connectivity index (χ1v) is 10.5. The summed E-state index contributed by atoms with van der Waals surface area (Å²) >= 11 is 0. The first-order valence-electron chi connectivity index (χ1n) is 10.5. The highest BCUT2D eigenvalue weighted by molar-refractivity contribution is 6.36. The minimum atomic E-state index is -1.09. The van der Waals surface area contributed by atoms with E-state index in [2.05, 4.69) is 10.0 Å². The van der Waals surface area contributed by atoms with Gasteiger partial charge in [-0.2, -0.15) is 5.10 Å². The number of carbonyl (C=O) groups excluding carboxylic acids is 1. The molecule has 2 aromatic carbocycles. The van der Waals surface area contributed by atoms with Crippen molar-refractivity contribution < 1.29 is 23.8 Å². The lowest BCUT2D eigenvalue weighted by Gasteiger charge is -2.40. The van der Waals surface area contributed by atoms with E-state index < -0.39 is 11.8 Å². The number of ether oxygens (including phenoxy) is 1. The molecule has 0 aromatic heterocycles. The molecule has 2 aliphatic rings. The van der Waals surface area contributed by atoms with Gasteiger partial charge in [0.2, 0.25) is 0 Å². The number of carboxylic acids is 1. The third kappa shape index (κ3) is 4.88. The molecule has 1 atom stereocenters. The molecule has 1 N–H and O–H groups in total. The van der Waals surface area contributed by atoms with E-state index in [1.165, 1.54) is 11.1 Å². The fraction of sp³-hybridized carbons (Fsp3) is 0.348. The van der Waals surface area contributed by atoms with Crippen LogP contribution in [0.3, 0.4) is 0 Å². The number of hydrogen-bond donors (Lipinski definition) is 1. The smallest absolute Gasteiger partial charge is 0.352 e. The van der Waals surface area contributed by atoms with Crippen LogP contribution in [-0.4, -0.2) is 69.8 Å². The molecule has 2 amide bonds. The molecule has 32 heavy (non-hydrogen) atoms. The van der Waals surface area contributed by atoms with Crippen LogP contribution in [0, 0.1) is 5.82 Å². The van der Waals surface area contributed by atoms with Crippen LogP contribution in [0.1, 0.15) is 18.9 Å². The molecule has 0 aliphatic carbocycles. The van der Waals surface area contributed by atoms with Gasteiger partial charge in [-0.3, -0.25) is 4.90 Å². The second kappa shape index (κ2) is 9.35. The Hall–Kier alpha value is -3.46. The minimum absolute atomic E-state index is 0.00877. The van der Waals surface area contributed by atoms with Gasteiger partial charge in [-0.15, -0.1) is 0 Å². The van der Waals surface area contributed by atoms with Gasteiger partial charge in [0.1, 0.15) is 11.5 Å². The van der Waals surface area contributed by atoms with Gasteiger partial charge in [0.15, 0.2) is 11.6 Å². The largest absolute Gasteiger partial charge is 0.477 e. The average Bonchev–Trinajstić information content (AvgIpc) is 3.27. The van der Waals surface area contributed by atoms with Gasteiger partial charge in [-0.05, 0) is 36.8 Å². The molecule has 1 fully saturated rings. The predicted octanol–water partition coefficient (Wildman–Crippen LogP) is 3.39. The van der Waals surface area contributed by atoms with E-state index in [9.17, 15) is 14.0 Å². The van der Waals surface area contributed by atoms with Crippen molar-refractivity contribution in [3.05, 3.63) is 59.9 Å². The molecule has 8 nitrogen and oxygen atoms in total. The molecule has 0 bridgehead atoms. The zero-order valence-electron chi connectivity index (χ0n) is 17.8. The Bertz CT molecular complexity index is 1030. The number of urea groups is 1. The molecular formula is C23H25FN4O4. The number of aliphatic carboxylic acids is 1. The van der Waals surface area contributed by atoms with E-state index in [1.807, 2.05) is 25.1 Å². The fourth-order valence-electron chi connectivity index (χ4n) is 3.95. The number of piperazine rings is 1. The van der Waals surface area contributed by atoms with Crippen molar-refractivity contribution in [2.75, 3.05) is 26.2 Å². The quantitative estimate of drug-likeness (QED) is 0.770. The number of amides is 2. The van der Waals surface area contributed by atoms with Gasteiger partial charge < -0.3 is 14.7 Å². The van der Waals surface area contributed by atoms with Crippen LogP contribution in [0.5, 0.6) is 11.5 Å². The third-order valence-corrected chi connectivity index (χ3v) is 5.60. The van der Waals surface area contributed by atoms with Crippen LogP contribution in [0.15, 0.2) is 53.6 Å². The Labute approximate surface area is 185 Å². The monoisotopic (exact) mass is 440 g/mol. The summed E-state index contributed by atoms with van der Waals surface area (Å²) in [5.41, 5.74) is 0.925. The molecule has 168 valence electrons. The van der Waals surface area contributed by atoms with Crippen molar-refractivity contribution in [2.24, 2.45) is 5.10 Å². The summed E-state index contributed by atoms with van der Waals surface area (Å²) in [6.07, 6.45) is 0.257. The SMILES string of the molecule is C[C@@H]1CN(Cc2ccc(F)c(Oc3ccccc3)c2)CCN1C(=O)N1CCC(C(=O)O)=N1. The standard InChI is InChI=1S/C23H25FN4O4/c1-16-14-26(11-12-27(16)23(31)28-10-9-20(25-28)22(29)30)15-17-7-8-19(24)21(13-17)32-18-5-3-2-4-6-18/h2-8,13,16H,9-12,14-15H2,1H3,(H,29,30)/t16-/m1/s1. The Morgan fingerprint density at radius 2 is 1.94 bits per heavy atom. The lowest BCUT2D eigenvalue weighted by molar-refractivity contribution is -0.129. The van der Waals surface area contributed by atoms with E-state index in [4.69, 9.17) is 9.84 Å². The lowest BCUT2D eigenvalue weighted by Crippen LogP contribution is -2.56. The van der Waals surface area contributed by atoms with Gasteiger partial charge in [-0.1, -0.05) is 24.3 Å². The normalized spacial score (nSPS) is 19.1. The minimum Gasteiger partial charge on any atom is -0.477 e. The molecule has 0 spiro atoms. The summed E-state index contributed by atoms with van der Waals surface area (Å²) in [6, 6.07) is 13.6. The van der Waals surface area contributed by atoms with Gasteiger partial charge in [-0.25, -0.2) is 19.0 Å². The Morgan fingerprint density at radius 1 is 1.16 bits per heavy atom. The van der Waals surface area contributed by atoms with Gasteiger partial charge >= 0.3 is 12.0 Å². The number of para-hydroxylation sites is 1. The summed E-state index contributed by atoms with van der Waals surface area (Å²) in [6.45, 7) is 4.63. The van der Waals surface area contributed by atoms with Crippen LogP contribution >= 0.6 is 0 Å². The summed E-state index contributed by atoms with van der Waals surface area (Å²) in [7, 11) is 0. The molecule has 0 unspecified atom stereocenters. The third-order valence-electron chi connectivity index (χ3n) is 5.60. The number of hydrazone groups is 1. The predicted molar refractivity (Wildman–Crippen MR) is 116 cm³/mol. The zero-order valence-corrected chi connectivity index (χ0v) is 17.8. The second-order valence-electron chi connectivity index (χ2n) is 7.96. The molecule has 0 radical (unpaired) electrons. The van der Waals surface area contributed by atoms with Gasteiger partial charge in [0.25, 0.3) is 0 Å². The summed E-state index contributed by atoms with van der Waals surface area (Å²) in [5, 5.41) is 14.2. The van der Waals surface area contributed by atoms with Crippen molar-refractivity contribution in [1.29, 1.82) is 0 Å². The summed E-state index contributed by atoms with van der Waals surface area (Å²) in [4.78, 5) is 27.7. The number of nitrogens with zero attached hydrogens (tertiary/aromatic N) is 4. The van der Waals surface area contributed by atoms with E-state index in [0.717, 1.165) is 5.56 Å². The fourth-order valence-corrected chi connectivity index (χ4v) is 3.95. The number of halogens is 1. The van der Waals surface area contributed by atoms with Crippen LogP contribution < -0.4 is 4.74 Å². The average molecular weight is 440 g/mol. The highest BCUT2D eigenvalue weighted by Gasteiger charge is 2.33. The number of hydrogen-bond acceptors (Lipinski definition) is 5. The maximum absolute atomic E-state index is 14.2. The van der Waals surface area contributed by atoms with Crippen molar-refractivity contribution in [3.63, 3.8) is 0 Å². The van der Waals surface area contributed by atoms with E-state index in [0.29, 0.717) is 31.9 Å². The second-order valence-corrected chi connectivity index (χ2v) is 7.96. The Balaban J connectivity index is 1.37. The van der Waals surface area contributed by atoms with Crippen molar-refractivity contribution in [2.45, 2.75) is 25.9 Å². The molecule has 0 saturated carbocycles.